The van der Waals surface area contributed by atoms with E-state index in [1.54, 1.807) is 4.90 Å². The third kappa shape index (κ3) is 7.37. The molecule has 0 aliphatic heterocycles. The Bertz CT molecular complexity index is 160. The van der Waals surface area contributed by atoms with Gasteiger partial charge in [0.05, 0.1) is 6.61 Å². The van der Waals surface area contributed by atoms with Gasteiger partial charge in [-0.25, -0.2) is 0 Å². The monoisotopic (exact) mass is 215 g/mol. The average Bonchev–Trinajstić information content (AvgIpc) is 2.25. The summed E-state index contributed by atoms with van der Waals surface area (Å²) in [6.45, 7) is 5.38. The van der Waals surface area contributed by atoms with Crippen molar-refractivity contribution in [1.29, 1.82) is 0 Å². The van der Waals surface area contributed by atoms with E-state index in [0.717, 1.165) is 12.8 Å². The average molecular weight is 215 g/mol. The van der Waals surface area contributed by atoms with Crippen LogP contribution < -0.4 is 0 Å². The summed E-state index contributed by atoms with van der Waals surface area (Å²) in [5.74, 6) is 0.183. The predicted molar refractivity (Wildman–Crippen MR) is 62.7 cm³/mol. The lowest BCUT2D eigenvalue weighted by atomic mass is 10.1. The number of carbonyl (C=O) groups is 1. The van der Waals surface area contributed by atoms with Crippen molar-refractivity contribution < 1.29 is 9.90 Å². The molecule has 0 radical (unpaired) electrons. The van der Waals surface area contributed by atoms with Crippen molar-refractivity contribution in [3.05, 3.63) is 0 Å². The lowest BCUT2D eigenvalue weighted by molar-refractivity contribution is -0.131. The van der Waals surface area contributed by atoms with Crippen molar-refractivity contribution >= 4 is 5.91 Å². The van der Waals surface area contributed by atoms with Gasteiger partial charge in [0.1, 0.15) is 0 Å². The third-order valence-electron chi connectivity index (χ3n) is 2.60. The molecular formula is C12H25NO2. The van der Waals surface area contributed by atoms with Crippen molar-refractivity contribution in [2.75, 3.05) is 19.7 Å². The van der Waals surface area contributed by atoms with Gasteiger partial charge in [0, 0.05) is 19.5 Å². The second-order valence-corrected chi connectivity index (χ2v) is 3.86. The molecule has 3 heteroatoms. The molecule has 0 saturated heterocycles. The largest absolute Gasteiger partial charge is 0.395 e. The fraction of sp³-hybridized carbons (Fsp3) is 0.917. The summed E-state index contributed by atoms with van der Waals surface area (Å²) in [6, 6.07) is 0. The zero-order valence-corrected chi connectivity index (χ0v) is 10.2. The molecule has 0 aliphatic rings. The van der Waals surface area contributed by atoms with E-state index >= 15 is 0 Å². The maximum absolute atomic E-state index is 11.6. The number of hydrogen-bond acceptors (Lipinski definition) is 2. The standard InChI is InChI=1S/C12H25NO2/c1-3-5-6-7-8-9-12(15)13(4-2)10-11-14/h14H,3-11H2,1-2H3. The highest BCUT2D eigenvalue weighted by Crippen LogP contribution is 2.06. The maximum atomic E-state index is 11.6. The summed E-state index contributed by atoms with van der Waals surface area (Å²) in [5, 5.41) is 8.76. The molecule has 3 nitrogen and oxygen atoms in total. The van der Waals surface area contributed by atoms with E-state index in [1.807, 2.05) is 6.92 Å². The molecule has 0 heterocycles. The SMILES string of the molecule is CCCCCCCC(=O)N(CC)CCO. The Hall–Kier alpha value is -0.570. The van der Waals surface area contributed by atoms with E-state index in [-0.39, 0.29) is 12.5 Å². The highest BCUT2D eigenvalue weighted by Gasteiger charge is 2.09. The molecule has 0 aromatic heterocycles. The smallest absolute Gasteiger partial charge is 0.222 e. The fourth-order valence-electron chi connectivity index (χ4n) is 1.62. The Morgan fingerprint density at radius 2 is 1.80 bits per heavy atom. The van der Waals surface area contributed by atoms with E-state index in [1.165, 1.54) is 19.3 Å². The summed E-state index contributed by atoms with van der Waals surface area (Å²) in [6.07, 6.45) is 6.51. The van der Waals surface area contributed by atoms with Crippen LogP contribution in [0.3, 0.4) is 0 Å². The number of rotatable bonds is 9. The lowest BCUT2D eigenvalue weighted by Gasteiger charge is -2.19. The quantitative estimate of drug-likeness (QED) is 0.599. The topological polar surface area (TPSA) is 40.5 Å². The van der Waals surface area contributed by atoms with Gasteiger partial charge < -0.3 is 10.0 Å². The maximum Gasteiger partial charge on any atom is 0.222 e. The number of unbranched alkanes of at least 4 members (excludes halogenated alkanes) is 4. The number of carbonyl (C=O) groups excluding carboxylic acids is 1. The van der Waals surface area contributed by atoms with Gasteiger partial charge in [-0.15, -0.1) is 0 Å². The molecule has 0 fully saturated rings. The fourth-order valence-corrected chi connectivity index (χ4v) is 1.62. The first-order valence-corrected chi connectivity index (χ1v) is 6.14. The van der Waals surface area contributed by atoms with Crippen molar-refractivity contribution in [2.24, 2.45) is 0 Å². The molecule has 15 heavy (non-hydrogen) atoms. The van der Waals surface area contributed by atoms with Crippen molar-refractivity contribution in [1.82, 2.24) is 4.90 Å². The van der Waals surface area contributed by atoms with Crippen LogP contribution in [0.25, 0.3) is 0 Å². The molecule has 0 aromatic carbocycles. The Morgan fingerprint density at radius 1 is 1.13 bits per heavy atom. The molecule has 90 valence electrons. The molecule has 0 rings (SSSR count). The van der Waals surface area contributed by atoms with Gasteiger partial charge in [-0.1, -0.05) is 32.6 Å². The normalized spacial score (nSPS) is 10.3. The minimum atomic E-state index is 0.0649. The number of nitrogens with zero attached hydrogens (tertiary/aromatic N) is 1. The summed E-state index contributed by atoms with van der Waals surface area (Å²) in [7, 11) is 0. The lowest BCUT2D eigenvalue weighted by Crippen LogP contribution is -2.33. The van der Waals surface area contributed by atoms with Crippen LogP contribution in [0.4, 0.5) is 0 Å². The Labute approximate surface area is 93.5 Å². The highest BCUT2D eigenvalue weighted by molar-refractivity contribution is 5.76. The number of aliphatic hydroxyl groups excluding tert-OH is 1. The van der Waals surface area contributed by atoms with Gasteiger partial charge in [0.2, 0.25) is 5.91 Å². The van der Waals surface area contributed by atoms with E-state index in [9.17, 15) is 4.79 Å². The number of hydrogen-bond donors (Lipinski definition) is 1. The van der Waals surface area contributed by atoms with Crippen LogP contribution in [0.2, 0.25) is 0 Å². The van der Waals surface area contributed by atoms with E-state index < -0.39 is 0 Å². The van der Waals surface area contributed by atoms with Gasteiger partial charge in [-0.2, -0.15) is 0 Å². The van der Waals surface area contributed by atoms with Crippen LogP contribution in [-0.4, -0.2) is 35.6 Å². The summed E-state index contributed by atoms with van der Waals surface area (Å²) in [4.78, 5) is 13.3. The van der Waals surface area contributed by atoms with E-state index in [4.69, 9.17) is 5.11 Å². The zero-order valence-electron chi connectivity index (χ0n) is 10.2. The van der Waals surface area contributed by atoms with Crippen molar-refractivity contribution in [3.8, 4) is 0 Å². The molecule has 0 bridgehead atoms. The van der Waals surface area contributed by atoms with E-state index in [0.29, 0.717) is 19.5 Å². The van der Waals surface area contributed by atoms with Crippen LogP contribution in [0.1, 0.15) is 52.4 Å². The van der Waals surface area contributed by atoms with Gasteiger partial charge in [-0.3, -0.25) is 4.79 Å². The number of aliphatic hydroxyl groups is 1. The van der Waals surface area contributed by atoms with Crippen LogP contribution in [-0.2, 0) is 4.79 Å². The van der Waals surface area contributed by atoms with Crippen LogP contribution in [0.15, 0.2) is 0 Å². The second kappa shape index (κ2) is 9.97. The van der Waals surface area contributed by atoms with Crippen LogP contribution in [0.5, 0.6) is 0 Å². The second-order valence-electron chi connectivity index (χ2n) is 3.86. The molecule has 0 aromatic rings. The van der Waals surface area contributed by atoms with Crippen LogP contribution in [0, 0.1) is 0 Å². The third-order valence-corrected chi connectivity index (χ3v) is 2.60. The van der Waals surface area contributed by atoms with Gasteiger partial charge >= 0.3 is 0 Å². The van der Waals surface area contributed by atoms with Gasteiger partial charge in [0.15, 0.2) is 0 Å². The minimum Gasteiger partial charge on any atom is -0.395 e. The van der Waals surface area contributed by atoms with E-state index in [2.05, 4.69) is 6.92 Å². The first-order chi connectivity index (χ1) is 7.26. The zero-order chi connectivity index (χ0) is 11.5. The molecule has 0 atom stereocenters. The highest BCUT2D eigenvalue weighted by atomic mass is 16.3. The summed E-state index contributed by atoms with van der Waals surface area (Å²) >= 11 is 0. The molecule has 0 aliphatic carbocycles. The molecule has 0 spiro atoms. The predicted octanol–water partition coefficient (Wildman–Crippen LogP) is 2.19. The Kier molecular flexibility index (Phi) is 9.59. The molecule has 1 amide bonds. The Morgan fingerprint density at radius 3 is 2.33 bits per heavy atom. The first-order valence-electron chi connectivity index (χ1n) is 6.14. The van der Waals surface area contributed by atoms with Crippen molar-refractivity contribution in [2.45, 2.75) is 52.4 Å². The molecule has 0 saturated carbocycles. The number of likely N-dealkylation sites (N-methyl/N-ethyl adjacent to an activating group) is 1. The summed E-state index contributed by atoms with van der Waals surface area (Å²) < 4.78 is 0. The van der Waals surface area contributed by atoms with Gasteiger partial charge in [0.25, 0.3) is 0 Å². The minimum absolute atomic E-state index is 0.0649. The Balaban J connectivity index is 3.53. The first kappa shape index (κ1) is 14.4. The molecule has 1 N–H and O–H groups in total. The molecular weight excluding hydrogens is 190 g/mol. The van der Waals surface area contributed by atoms with Crippen LogP contribution >= 0.6 is 0 Å². The number of amides is 1. The summed E-state index contributed by atoms with van der Waals surface area (Å²) in [5.41, 5.74) is 0. The van der Waals surface area contributed by atoms with Gasteiger partial charge in [-0.05, 0) is 13.3 Å². The molecule has 0 unspecified atom stereocenters. The van der Waals surface area contributed by atoms with Crippen molar-refractivity contribution in [3.63, 3.8) is 0 Å².